The molecule has 0 aliphatic carbocycles. The molecule has 1 atom stereocenters. The van der Waals surface area contributed by atoms with Crippen molar-refractivity contribution in [3.63, 3.8) is 0 Å². The van der Waals surface area contributed by atoms with E-state index in [0.29, 0.717) is 18.3 Å². The highest BCUT2D eigenvalue weighted by atomic mass is 31.2. The van der Waals surface area contributed by atoms with E-state index in [-0.39, 0.29) is 0 Å². The lowest BCUT2D eigenvalue weighted by Gasteiger charge is -2.18. The van der Waals surface area contributed by atoms with Gasteiger partial charge in [0.05, 0.1) is 6.61 Å². The molecular weight excluding hydrogens is 333 g/mol. The first kappa shape index (κ1) is 19.4. The van der Waals surface area contributed by atoms with Crippen LogP contribution in [0.3, 0.4) is 0 Å². The Morgan fingerprint density at radius 2 is 1.60 bits per heavy atom. The number of nitrogens with one attached hydrogen (secondary N) is 1. The average Bonchev–Trinajstić information content (AvgIpc) is 2.56. The molecule has 0 aromatic heterocycles. The minimum absolute atomic E-state index is 0.457. The Hall–Kier alpha value is -1.93. The van der Waals surface area contributed by atoms with Crippen LogP contribution in [0.25, 0.3) is 0 Å². The highest BCUT2D eigenvalue weighted by Crippen LogP contribution is 2.43. The largest absolute Gasteiger partial charge is 0.494 e. The first-order valence-corrected chi connectivity index (χ1v) is 10.8. The van der Waals surface area contributed by atoms with E-state index in [2.05, 4.69) is 25.9 Å². The molecule has 2 rings (SSSR count). The molecule has 0 heterocycles. The molecule has 2 aromatic carbocycles. The van der Waals surface area contributed by atoms with E-state index in [9.17, 15) is 4.57 Å². The molecule has 0 unspecified atom stereocenters. The third-order valence-electron chi connectivity index (χ3n) is 3.78. The van der Waals surface area contributed by atoms with Gasteiger partial charge in [0.15, 0.2) is 0 Å². The van der Waals surface area contributed by atoms with Gasteiger partial charge in [0.1, 0.15) is 11.5 Å². The highest BCUT2D eigenvalue weighted by molar-refractivity contribution is 7.60. The average molecular weight is 361 g/mol. The lowest BCUT2D eigenvalue weighted by Crippen LogP contribution is -2.02. The van der Waals surface area contributed by atoms with Crippen molar-refractivity contribution < 1.29 is 13.8 Å². The number of unbranched alkanes of at least 4 members (excludes halogenated alkanes) is 1. The van der Waals surface area contributed by atoms with Crippen LogP contribution in [0.2, 0.25) is 0 Å². The SMILES string of the molecule is CCCCOc1ccc(N[P@](C)(=O)Oc2ccc(C(C)C)cc2)cc1. The van der Waals surface area contributed by atoms with Crippen LogP contribution >= 0.6 is 7.52 Å². The minimum atomic E-state index is -3.01. The van der Waals surface area contributed by atoms with Crippen LogP contribution in [-0.2, 0) is 4.57 Å². The number of hydrogen-bond acceptors (Lipinski definition) is 3. The standard InChI is InChI=1S/C20H28NO3P/c1-5-6-15-23-19-13-9-18(10-14-19)21-25(4,22)24-20-11-7-17(8-12-20)16(2)3/h7-14,16H,5-6,15H2,1-4H3,(H,21,22)/t25-/m1/s1. The zero-order chi connectivity index (χ0) is 18.3. The van der Waals surface area contributed by atoms with Crippen molar-refractivity contribution in [3.05, 3.63) is 54.1 Å². The Labute approximate surface area is 151 Å². The van der Waals surface area contributed by atoms with Crippen molar-refractivity contribution in [2.75, 3.05) is 18.4 Å². The van der Waals surface area contributed by atoms with Crippen LogP contribution in [0.15, 0.2) is 48.5 Å². The number of rotatable bonds is 9. The van der Waals surface area contributed by atoms with Crippen LogP contribution < -0.4 is 14.3 Å². The molecule has 0 aliphatic rings. The second-order valence-electron chi connectivity index (χ2n) is 6.50. The Morgan fingerprint density at radius 3 is 2.16 bits per heavy atom. The molecule has 1 N–H and O–H groups in total. The zero-order valence-electron chi connectivity index (χ0n) is 15.5. The van der Waals surface area contributed by atoms with Gasteiger partial charge < -0.3 is 14.3 Å². The van der Waals surface area contributed by atoms with E-state index in [4.69, 9.17) is 9.26 Å². The molecule has 25 heavy (non-hydrogen) atoms. The Bertz CT molecular complexity index is 696. The van der Waals surface area contributed by atoms with Gasteiger partial charge in [-0.1, -0.05) is 39.3 Å². The summed E-state index contributed by atoms with van der Waals surface area (Å²) in [5.41, 5.74) is 1.97. The maximum atomic E-state index is 12.7. The molecule has 0 fully saturated rings. The fraction of sp³-hybridized carbons (Fsp3) is 0.400. The van der Waals surface area contributed by atoms with Crippen LogP contribution in [-0.4, -0.2) is 13.3 Å². The molecule has 0 saturated heterocycles. The van der Waals surface area contributed by atoms with Gasteiger partial charge in [-0.15, -0.1) is 0 Å². The predicted molar refractivity (Wildman–Crippen MR) is 105 cm³/mol. The number of anilines is 1. The van der Waals surface area contributed by atoms with Crippen molar-refractivity contribution in [3.8, 4) is 11.5 Å². The van der Waals surface area contributed by atoms with Crippen molar-refractivity contribution in [1.82, 2.24) is 0 Å². The van der Waals surface area contributed by atoms with Gasteiger partial charge in [-0.3, -0.25) is 4.57 Å². The predicted octanol–water partition coefficient (Wildman–Crippen LogP) is 6.30. The first-order valence-electron chi connectivity index (χ1n) is 8.78. The Kier molecular flexibility index (Phi) is 6.95. The minimum Gasteiger partial charge on any atom is -0.494 e. The van der Waals surface area contributed by atoms with Gasteiger partial charge in [0.2, 0.25) is 0 Å². The molecule has 0 saturated carbocycles. The van der Waals surface area contributed by atoms with Crippen molar-refractivity contribution in [2.24, 2.45) is 0 Å². The molecule has 4 nitrogen and oxygen atoms in total. The van der Waals surface area contributed by atoms with Crippen molar-refractivity contribution in [2.45, 2.75) is 39.5 Å². The lowest BCUT2D eigenvalue weighted by molar-refractivity contribution is 0.309. The van der Waals surface area contributed by atoms with Crippen LogP contribution in [0, 0.1) is 0 Å². The molecular formula is C20H28NO3P. The molecule has 136 valence electrons. The molecule has 5 heteroatoms. The van der Waals surface area contributed by atoms with Gasteiger partial charge in [-0.25, -0.2) is 0 Å². The highest BCUT2D eigenvalue weighted by Gasteiger charge is 2.17. The molecule has 0 amide bonds. The van der Waals surface area contributed by atoms with Crippen molar-refractivity contribution in [1.29, 1.82) is 0 Å². The van der Waals surface area contributed by atoms with Gasteiger partial charge in [-0.2, -0.15) is 0 Å². The third kappa shape index (κ3) is 6.47. The van der Waals surface area contributed by atoms with E-state index >= 15 is 0 Å². The summed E-state index contributed by atoms with van der Waals surface area (Å²) in [5, 5.41) is 2.98. The van der Waals surface area contributed by atoms with Gasteiger partial charge in [0, 0.05) is 12.4 Å². The maximum absolute atomic E-state index is 12.7. The normalized spacial score (nSPS) is 13.3. The summed E-state index contributed by atoms with van der Waals surface area (Å²) in [6, 6.07) is 15.2. The third-order valence-corrected chi connectivity index (χ3v) is 5.00. The maximum Gasteiger partial charge on any atom is 0.338 e. The summed E-state index contributed by atoms with van der Waals surface area (Å²) >= 11 is 0. The second kappa shape index (κ2) is 8.96. The molecule has 2 aromatic rings. The molecule has 0 bridgehead atoms. The number of ether oxygens (including phenoxy) is 1. The summed E-state index contributed by atoms with van der Waals surface area (Å²) in [5.74, 6) is 1.87. The van der Waals surface area contributed by atoms with Gasteiger partial charge >= 0.3 is 7.52 Å². The van der Waals surface area contributed by atoms with Crippen LogP contribution in [0.1, 0.15) is 45.1 Å². The Balaban J connectivity index is 1.94. The number of hydrogen-bond donors (Lipinski definition) is 1. The number of benzene rings is 2. The van der Waals surface area contributed by atoms with E-state index in [0.717, 1.165) is 24.3 Å². The summed E-state index contributed by atoms with van der Waals surface area (Å²) in [7, 11) is -3.01. The summed E-state index contributed by atoms with van der Waals surface area (Å²) < 4.78 is 24.0. The molecule has 0 radical (unpaired) electrons. The second-order valence-corrected chi connectivity index (χ2v) is 8.60. The van der Waals surface area contributed by atoms with E-state index in [1.54, 1.807) is 6.66 Å². The molecule has 0 aliphatic heterocycles. The lowest BCUT2D eigenvalue weighted by atomic mass is 10.0. The van der Waals surface area contributed by atoms with Gasteiger partial charge in [0.25, 0.3) is 0 Å². The summed E-state index contributed by atoms with van der Waals surface area (Å²) in [6.45, 7) is 8.70. The van der Waals surface area contributed by atoms with Crippen molar-refractivity contribution >= 4 is 13.2 Å². The van der Waals surface area contributed by atoms with E-state index < -0.39 is 7.52 Å². The Morgan fingerprint density at radius 1 is 1.00 bits per heavy atom. The van der Waals surface area contributed by atoms with E-state index in [1.165, 1.54) is 5.56 Å². The summed E-state index contributed by atoms with van der Waals surface area (Å²) in [6.07, 6.45) is 2.14. The fourth-order valence-corrected chi connectivity index (χ4v) is 3.52. The fourth-order valence-electron chi connectivity index (χ4n) is 2.33. The molecule has 0 spiro atoms. The zero-order valence-corrected chi connectivity index (χ0v) is 16.4. The van der Waals surface area contributed by atoms with E-state index in [1.807, 2.05) is 48.5 Å². The quantitative estimate of drug-likeness (QED) is 0.420. The smallest absolute Gasteiger partial charge is 0.338 e. The topological polar surface area (TPSA) is 47.6 Å². The van der Waals surface area contributed by atoms with Gasteiger partial charge in [-0.05, 0) is 54.3 Å². The van der Waals surface area contributed by atoms with Crippen LogP contribution in [0.4, 0.5) is 5.69 Å². The van der Waals surface area contributed by atoms with Crippen LogP contribution in [0.5, 0.6) is 11.5 Å². The first-order chi connectivity index (χ1) is 11.9. The monoisotopic (exact) mass is 361 g/mol. The summed E-state index contributed by atoms with van der Waals surface area (Å²) in [4.78, 5) is 0.